The van der Waals surface area contributed by atoms with Crippen molar-refractivity contribution in [3.8, 4) is 5.69 Å². The van der Waals surface area contributed by atoms with Gasteiger partial charge >= 0.3 is 0 Å². The van der Waals surface area contributed by atoms with Gasteiger partial charge in [-0.15, -0.1) is 11.3 Å². The molecule has 0 radical (unpaired) electrons. The average molecular weight is 423 g/mol. The lowest BCUT2D eigenvalue weighted by molar-refractivity contribution is -0.122. The van der Waals surface area contributed by atoms with E-state index in [1.165, 1.54) is 24.2 Å². The Morgan fingerprint density at radius 1 is 1.17 bits per heavy atom. The molecule has 156 valence electrons. The topological polar surface area (TPSA) is 67.2 Å². The number of carbonyl (C=O) groups excluding carboxylic acids is 2. The van der Waals surface area contributed by atoms with Crippen molar-refractivity contribution in [3.05, 3.63) is 47.0 Å². The van der Waals surface area contributed by atoms with Gasteiger partial charge in [0.2, 0.25) is 5.91 Å². The Kier molecular flexibility index (Phi) is 5.06. The van der Waals surface area contributed by atoms with Crippen LogP contribution in [0.4, 0.5) is 0 Å². The van der Waals surface area contributed by atoms with E-state index in [9.17, 15) is 9.59 Å². The van der Waals surface area contributed by atoms with E-state index < -0.39 is 0 Å². The molecule has 0 aliphatic heterocycles. The summed E-state index contributed by atoms with van der Waals surface area (Å²) in [5.74, 6) is -0.0748. The summed E-state index contributed by atoms with van der Waals surface area (Å²) in [6, 6.07) is 12.4. The summed E-state index contributed by atoms with van der Waals surface area (Å²) >= 11 is 1.46. The zero-order valence-corrected chi connectivity index (χ0v) is 18.0. The number of thiophene rings is 1. The van der Waals surface area contributed by atoms with Gasteiger partial charge < -0.3 is 10.2 Å². The summed E-state index contributed by atoms with van der Waals surface area (Å²) in [4.78, 5) is 29.3. The Labute approximate surface area is 179 Å². The van der Waals surface area contributed by atoms with Gasteiger partial charge in [-0.3, -0.25) is 9.59 Å². The van der Waals surface area contributed by atoms with Gasteiger partial charge in [0.1, 0.15) is 11.4 Å². The van der Waals surface area contributed by atoms with Crippen molar-refractivity contribution < 1.29 is 9.59 Å². The highest BCUT2D eigenvalue weighted by Crippen LogP contribution is 2.34. The Balaban J connectivity index is 1.39. The molecule has 0 unspecified atom stereocenters. The van der Waals surface area contributed by atoms with E-state index >= 15 is 0 Å². The normalized spacial score (nSPS) is 16.8. The molecule has 1 aromatic carbocycles. The van der Waals surface area contributed by atoms with Crippen LogP contribution < -0.4 is 5.32 Å². The molecule has 2 aliphatic rings. The largest absolute Gasteiger partial charge is 0.352 e. The maximum atomic E-state index is 13.4. The van der Waals surface area contributed by atoms with Gasteiger partial charge in [-0.25, -0.2) is 4.68 Å². The van der Waals surface area contributed by atoms with Crippen LogP contribution in [0, 0.1) is 6.92 Å². The molecule has 2 aromatic heterocycles. The number of nitrogens with zero attached hydrogens (tertiary/aromatic N) is 3. The van der Waals surface area contributed by atoms with E-state index in [1.54, 1.807) is 4.90 Å². The second-order valence-electron chi connectivity index (χ2n) is 8.38. The summed E-state index contributed by atoms with van der Waals surface area (Å²) in [5.41, 5.74) is 1.88. The second-order valence-corrected chi connectivity index (χ2v) is 9.41. The fourth-order valence-electron chi connectivity index (χ4n) is 4.29. The minimum atomic E-state index is -0.0423. The number of nitrogens with one attached hydrogen (secondary N) is 1. The number of carbonyl (C=O) groups is 2. The number of amides is 2. The van der Waals surface area contributed by atoms with Crippen molar-refractivity contribution in [2.24, 2.45) is 0 Å². The number of hydrogen-bond donors (Lipinski definition) is 1. The number of aryl methyl sites for hydroxylation is 1. The van der Waals surface area contributed by atoms with Crippen LogP contribution in [0.2, 0.25) is 0 Å². The molecular weight excluding hydrogens is 396 g/mol. The fraction of sp³-hybridized carbons (Fsp3) is 0.435. The zero-order chi connectivity index (χ0) is 20.7. The lowest BCUT2D eigenvalue weighted by atomic mass is 10.2. The van der Waals surface area contributed by atoms with Crippen molar-refractivity contribution in [2.75, 3.05) is 6.54 Å². The first kappa shape index (κ1) is 19.3. The van der Waals surface area contributed by atoms with Gasteiger partial charge in [0.25, 0.3) is 5.91 Å². The Bertz CT molecular complexity index is 1080. The van der Waals surface area contributed by atoms with Gasteiger partial charge in [0, 0.05) is 17.5 Å². The number of aromatic nitrogens is 2. The fourth-order valence-corrected chi connectivity index (χ4v) is 5.43. The van der Waals surface area contributed by atoms with Gasteiger partial charge in [-0.1, -0.05) is 31.0 Å². The second kappa shape index (κ2) is 7.87. The summed E-state index contributed by atoms with van der Waals surface area (Å²) in [7, 11) is 0. The van der Waals surface area contributed by atoms with E-state index in [-0.39, 0.29) is 30.4 Å². The third-order valence-electron chi connectivity index (χ3n) is 6.04. The third-order valence-corrected chi connectivity index (χ3v) is 7.14. The van der Waals surface area contributed by atoms with E-state index in [1.807, 2.05) is 48.0 Å². The highest BCUT2D eigenvalue weighted by molar-refractivity contribution is 7.20. The molecule has 0 spiro atoms. The number of benzene rings is 1. The van der Waals surface area contributed by atoms with Gasteiger partial charge in [0.05, 0.1) is 16.3 Å². The highest BCUT2D eigenvalue weighted by atomic mass is 32.1. The molecular formula is C23H26N4O2S. The predicted octanol–water partition coefficient (Wildman–Crippen LogP) is 4.06. The van der Waals surface area contributed by atoms with Crippen LogP contribution in [0.5, 0.6) is 0 Å². The Morgan fingerprint density at radius 2 is 1.90 bits per heavy atom. The summed E-state index contributed by atoms with van der Waals surface area (Å²) in [5, 5.41) is 8.77. The molecule has 0 atom stereocenters. The van der Waals surface area contributed by atoms with E-state index in [0.717, 1.165) is 47.3 Å². The Morgan fingerprint density at radius 3 is 2.60 bits per heavy atom. The van der Waals surface area contributed by atoms with Crippen molar-refractivity contribution in [1.82, 2.24) is 20.0 Å². The quantitative estimate of drug-likeness (QED) is 0.651. The van der Waals surface area contributed by atoms with Crippen LogP contribution in [0.1, 0.15) is 53.9 Å². The molecule has 3 aromatic rings. The van der Waals surface area contributed by atoms with Crippen LogP contribution in [-0.4, -0.2) is 45.1 Å². The molecule has 1 N–H and O–H groups in total. The van der Waals surface area contributed by atoms with E-state index in [2.05, 4.69) is 10.4 Å². The standard InChI is InChI=1S/C23H26N4O2S/c1-15-19-13-20(30-23(19)27(25-15)18-9-3-2-4-10-18)22(29)26(17-11-12-17)14-21(28)24-16-7-5-6-8-16/h2-4,9-10,13,16-17H,5-8,11-12,14H2,1H3,(H,24,28). The molecule has 2 aliphatic carbocycles. The average Bonchev–Trinajstić information content (AvgIpc) is 3.15. The molecule has 2 fully saturated rings. The molecule has 0 bridgehead atoms. The van der Waals surface area contributed by atoms with Gasteiger partial charge in [-0.2, -0.15) is 5.10 Å². The minimum Gasteiger partial charge on any atom is -0.352 e. The maximum absolute atomic E-state index is 13.4. The van der Waals surface area contributed by atoms with Crippen LogP contribution in [0.3, 0.4) is 0 Å². The first-order valence-electron chi connectivity index (χ1n) is 10.7. The smallest absolute Gasteiger partial charge is 0.264 e. The number of hydrogen-bond acceptors (Lipinski definition) is 4. The summed E-state index contributed by atoms with van der Waals surface area (Å²) in [6.07, 6.45) is 6.41. The van der Waals surface area contributed by atoms with Crippen LogP contribution in [0.15, 0.2) is 36.4 Å². The SMILES string of the molecule is Cc1nn(-c2ccccc2)c2sc(C(=O)N(CC(=O)NC3CCCC3)C3CC3)cc12. The van der Waals surface area contributed by atoms with E-state index in [4.69, 9.17) is 0 Å². The van der Waals surface area contributed by atoms with Gasteiger partial charge in [0.15, 0.2) is 0 Å². The van der Waals surface area contributed by atoms with Crippen molar-refractivity contribution in [1.29, 1.82) is 0 Å². The lowest BCUT2D eigenvalue weighted by Crippen LogP contribution is -2.44. The van der Waals surface area contributed by atoms with E-state index in [0.29, 0.717) is 4.88 Å². The van der Waals surface area contributed by atoms with Gasteiger partial charge in [-0.05, 0) is 50.8 Å². The third kappa shape index (κ3) is 3.74. The number of fused-ring (bicyclic) bond motifs is 1. The van der Waals surface area contributed by atoms with Crippen LogP contribution >= 0.6 is 11.3 Å². The van der Waals surface area contributed by atoms with Crippen LogP contribution in [0.25, 0.3) is 15.9 Å². The molecule has 2 amide bonds. The monoisotopic (exact) mass is 422 g/mol. The molecule has 6 nitrogen and oxygen atoms in total. The maximum Gasteiger partial charge on any atom is 0.264 e. The molecule has 2 heterocycles. The first-order chi connectivity index (χ1) is 14.6. The summed E-state index contributed by atoms with van der Waals surface area (Å²) < 4.78 is 1.90. The van der Waals surface area contributed by atoms with Crippen molar-refractivity contribution >= 4 is 33.4 Å². The Hall–Kier alpha value is -2.67. The molecule has 0 saturated heterocycles. The number of para-hydroxylation sites is 1. The molecule has 5 rings (SSSR count). The van der Waals surface area contributed by atoms with Crippen molar-refractivity contribution in [2.45, 2.75) is 57.5 Å². The lowest BCUT2D eigenvalue weighted by Gasteiger charge is -2.22. The minimum absolute atomic E-state index is 0.0325. The highest BCUT2D eigenvalue weighted by Gasteiger charge is 2.35. The molecule has 2 saturated carbocycles. The van der Waals surface area contributed by atoms with Crippen LogP contribution in [-0.2, 0) is 4.79 Å². The zero-order valence-electron chi connectivity index (χ0n) is 17.1. The number of rotatable bonds is 6. The molecule has 7 heteroatoms. The summed E-state index contributed by atoms with van der Waals surface area (Å²) in [6.45, 7) is 2.12. The molecule has 30 heavy (non-hydrogen) atoms. The first-order valence-corrected chi connectivity index (χ1v) is 11.6. The predicted molar refractivity (Wildman–Crippen MR) is 118 cm³/mol. The van der Waals surface area contributed by atoms with Crippen molar-refractivity contribution in [3.63, 3.8) is 0 Å².